The van der Waals surface area contributed by atoms with Gasteiger partial charge in [-0.1, -0.05) is 77.0 Å². The van der Waals surface area contributed by atoms with Crippen LogP contribution in [-0.4, -0.2) is 0 Å². The molecule has 2 fully saturated rings. The third kappa shape index (κ3) is 3.29. The van der Waals surface area contributed by atoms with Gasteiger partial charge in [-0.15, -0.1) is 0 Å². The van der Waals surface area contributed by atoms with Gasteiger partial charge >= 0.3 is 0 Å². The molecule has 0 bridgehead atoms. The molecule has 82 valence electrons. The van der Waals surface area contributed by atoms with Crippen molar-refractivity contribution < 1.29 is 0 Å². The van der Waals surface area contributed by atoms with Crippen LogP contribution in [0.1, 0.15) is 77.0 Å². The van der Waals surface area contributed by atoms with Crippen molar-refractivity contribution in [1.29, 1.82) is 0 Å². The van der Waals surface area contributed by atoms with Crippen molar-refractivity contribution in [2.45, 2.75) is 77.0 Å². The van der Waals surface area contributed by atoms with Crippen LogP contribution in [0.2, 0.25) is 0 Å². The van der Waals surface area contributed by atoms with Gasteiger partial charge in [0.2, 0.25) is 0 Å². The summed E-state index contributed by atoms with van der Waals surface area (Å²) in [4.78, 5) is 0. The number of rotatable bonds is 3. The van der Waals surface area contributed by atoms with Gasteiger partial charge in [-0.3, -0.25) is 0 Å². The smallest absolute Gasteiger partial charge is 0.0414 e. The molecule has 0 saturated heterocycles. The second-order valence-corrected chi connectivity index (χ2v) is 5.59. The Kier molecular flexibility index (Phi) is 4.34. The van der Waals surface area contributed by atoms with E-state index in [1.807, 2.05) is 0 Å². The zero-order chi connectivity index (χ0) is 9.64. The molecule has 0 aliphatic heterocycles. The first-order valence-corrected chi connectivity index (χ1v) is 6.95. The highest BCUT2D eigenvalue weighted by Crippen LogP contribution is 2.32. The van der Waals surface area contributed by atoms with E-state index in [9.17, 15) is 0 Å². The molecule has 2 aliphatic rings. The maximum absolute atomic E-state index is 1.56. The second kappa shape index (κ2) is 5.78. The minimum Gasteiger partial charge on any atom is -0.0533 e. The van der Waals surface area contributed by atoms with E-state index in [1.165, 1.54) is 38.5 Å². The van der Waals surface area contributed by atoms with E-state index >= 15 is 0 Å². The summed E-state index contributed by atoms with van der Waals surface area (Å²) in [6, 6.07) is 0. The molecule has 0 aromatic rings. The van der Waals surface area contributed by atoms with Crippen LogP contribution in [0.4, 0.5) is 0 Å². The maximum atomic E-state index is 1.56. The minimum atomic E-state index is 1.12. The van der Waals surface area contributed by atoms with Crippen LogP contribution in [-0.2, 0) is 0 Å². The van der Waals surface area contributed by atoms with Gasteiger partial charge in [0.15, 0.2) is 0 Å². The Morgan fingerprint density at radius 2 is 0.857 bits per heavy atom. The van der Waals surface area contributed by atoms with Gasteiger partial charge in [-0.05, 0) is 11.8 Å². The van der Waals surface area contributed by atoms with Gasteiger partial charge in [0, 0.05) is 0 Å². The molecular formula is C14H26. The van der Waals surface area contributed by atoms with E-state index in [1.54, 1.807) is 38.5 Å². The molecule has 0 aromatic carbocycles. The lowest BCUT2D eigenvalue weighted by molar-refractivity contribution is 0.273. The first kappa shape index (κ1) is 10.5. The molecule has 0 amide bonds. The summed E-state index contributed by atoms with van der Waals surface area (Å²) < 4.78 is 0. The van der Waals surface area contributed by atoms with Crippen LogP contribution in [0.25, 0.3) is 0 Å². The van der Waals surface area contributed by atoms with E-state index in [0.717, 1.165) is 11.8 Å². The molecule has 0 nitrogen and oxygen atoms in total. The predicted molar refractivity (Wildman–Crippen MR) is 62.4 cm³/mol. The van der Waals surface area contributed by atoms with Gasteiger partial charge in [-0.25, -0.2) is 0 Å². The van der Waals surface area contributed by atoms with E-state index in [0.29, 0.717) is 0 Å². The maximum Gasteiger partial charge on any atom is -0.0414 e. The van der Waals surface area contributed by atoms with Crippen LogP contribution in [0.5, 0.6) is 0 Å². The Hall–Kier alpha value is 0. The quantitative estimate of drug-likeness (QED) is 0.597. The highest BCUT2D eigenvalue weighted by Gasteiger charge is 2.17. The topological polar surface area (TPSA) is 0 Å². The minimum absolute atomic E-state index is 1.12. The van der Waals surface area contributed by atoms with Gasteiger partial charge < -0.3 is 0 Å². The van der Waals surface area contributed by atoms with Gasteiger partial charge in [0.05, 0.1) is 0 Å². The zero-order valence-electron chi connectivity index (χ0n) is 9.64. The Bertz CT molecular complexity index is 120. The van der Waals surface area contributed by atoms with Gasteiger partial charge in [-0.2, -0.15) is 0 Å². The van der Waals surface area contributed by atoms with Gasteiger partial charge in [0.1, 0.15) is 0 Å². The first-order chi connectivity index (χ1) is 6.95. The summed E-state index contributed by atoms with van der Waals surface area (Å²) in [5.41, 5.74) is 0. The molecule has 0 unspecified atom stereocenters. The SMILES string of the molecule is C1CCC(CCC2CCCCC2)CC1. The standard InChI is InChI=1S/C14H26/c1-3-7-13(8-4-1)11-12-14-9-5-2-6-10-14/h13-14H,1-12H2. The molecule has 2 aliphatic carbocycles. The fourth-order valence-electron chi connectivity index (χ4n) is 3.42. The Morgan fingerprint density at radius 1 is 0.500 bits per heavy atom. The second-order valence-electron chi connectivity index (χ2n) is 5.59. The van der Waals surface area contributed by atoms with E-state index in [4.69, 9.17) is 0 Å². The summed E-state index contributed by atoms with van der Waals surface area (Å²) in [6.45, 7) is 0. The monoisotopic (exact) mass is 194 g/mol. The normalized spacial score (nSPS) is 26.6. The molecule has 0 spiro atoms. The third-order valence-corrected chi connectivity index (χ3v) is 4.43. The van der Waals surface area contributed by atoms with Crippen LogP contribution < -0.4 is 0 Å². The highest BCUT2D eigenvalue weighted by atomic mass is 14.2. The van der Waals surface area contributed by atoms with Crippen molar-refractivity contribution in [1.82, 2.24) is 0 Å². The van der Waals surface area contributed by atoms with Crippen LogP contribution >= 0.6 is 0 Å². The molecule has 0 heteroatoms. The Labute approximate surface area is 89.5 Å². The van der Waals surface area contributed by atoms with E-state index in [-0.39, 0.29) is 0 Å². The highest BCUT2D eigenvalue weighted by molar-refractivity contribution is 4.70. The Morgan fingerprint density at radius 3 is 1.21 bits per heavy atom. The predicted octanol–water partition coefficient (Wildman–Crippen LogP) is 4.93. The molecule has 2 saturated carbocycles. The third-order valence-electron chi connectivity index (χ3n) is 4.43. The number of hydrogen-bond acceptors (Lipinski definition) is 0. The average Bonchev–Trinajstić information content (AvgIpc) is 2.29. The molecule has 2 rings (SSSR count). The van der Waals surface area contributed by atoms with Crippen LogP contribution in [0.15, 0.2) is 0 Å². The van der Waals surface area contributed by atoms with Crippen LogP contribution in [0, 0.1) is 11.8 Å². The summed E-state index contributed by atoms with van der Waals surface area (Å²) in [5.74, 6) is 2.23. The lowest BCUT2D eigenvalue weighted by atomic mass is 9.80. The zero-order valence-corrected chi connectivity index (χ0v) is 9.64. The average molecular weight is 194 g/mol. The Balaban J connectivity index is 1.60. The van der Waals surface area contributed by atoms with Crippen molar-refractivity contribution >= 4 is 0 Å². The summed E-state index contributed by atoms with van der Waals surface area (Å²) in [6.07, 6.45) is 18.4. The molecular weight excluding hydrogens is 168 g/mol. The molecule has 0 heterocycles. The van der Waals surface area contributed by atoms with Crippen molar-refractivity contribution in [3.63, 3.8) is 0 Å². The van der Waals surface area contributed by atoms with Crippen LogP contribution in [0.3, 0.4) is 0 Å². The fraction of sp³-hybridized carbons (Fsp3) is 1.00. The molecule has 0 N–H and O–H groups in total. The van der Waals surface area contributed by atoms with Gasteiger partial charge in [0.25, 0.3) is 0 Å². The lowest BCUT2D eigenvalue weighted by Gasteiger charge is -2.26. The summed E-state index contributed by atoms with van der Waals surface area (Å²) >= 11 is 0. The lowest BCUT2D eigenvalue weighted by Crippen LogP contribution is -2.11. The molecule has 0 radical (unpaired) electrons. The first-order valence-electron chi connectivity index (χ1n) is 6.95. The van der Waals surface area contributed by atoms with Crippen molar-refractivity contribution in [3.8, 4) is 0 Å². The summed E-state index contributed by atoms with van der Waals surface area (Å²) in [7, 11) is 0. The molecule has 14 heavy (non-hydrogen) atoms. The fourth-order valence-corrected chi connectivity index (χ4v) is 3.42. The van der Waals surface area contributed by atoms with Crippen molar-refractivity contribution in [2.75, 3.05) is 0 Å². The van der Waals surface area contributed by atoms with Crippen molar-refractivity contribution in [3.05, 3.63) is 0 Å². The van der Waals surface area contributed by atoms with Crippen molar-refractivity contribution in [2.24, 2.45) is 11.8 Å². The summed E-state index contributed by atoms with van der Waals surface area (Å²) in [5, 5.41) is 0. The molecule has 0 atom stereocenters. The number of hydrogen-bond donors (Lipinski definition) is 0. The van der Waals surface area contributed by atoms with E-state index < -0.39 is 0 Å². The largest absolute Gasteiger partial charge is 0.0533 e. The molecule has 0 aromatic heterocycles. The van der Waals surface area contributed by atoms with E-state index in [2.05, 4.69) is 0 Å².